The fourth-order valence-corrected chi connectivity index (χ4v) is 2.95. The van der Waals surface area contributed by atoms with E-state index in [1.54, 1.807) is 11.7 Å². The molecule has 8 heteroatoms. The summed E-state index contributed by atoms with van der Waals surface area (Å²) in [5.74, 6) is 0. The van der Waals surface area contributed by atoms with Gasteiger partial charge in [0.05, 0.1) is 0 Å². The maximum atomic E-state index is 10.6. The van der Waals surface area contributed by atoms with Crippen LogP contribution in [-0.2, 0) is 7.05 Å². The Kier molecular flexibility index (Phi) is 3.03. The Balaban J connectivity index is 2.25. The molecule has 0 atom stereocenters. The smallest absolute Gasteiger partial charge is 0.192 e. The molecule has 0 bridgehead atoms. The summed E-state index contributed by atoms with van der Waals surface area (Å²) in [7, 11) is 1.78. The van der Waals surface area contributed by atoms with E-state index in [0.717, 1.165) is 0 Å². The highest BCUT2D eigenvalue weighted by molar-refractivity contribution is 8.00. The number of nitrogens with zero attached hydrogens (tertiary/aromatic N) is 4. The van der Waals surface area contributed by atoms with Gasteiger partial charge in [-0.15, -0.1) is 11.3 Å². The molecule has 78 valence electrons. The zero-order valence-corrected chi connectivity index (χ0v) is 9.94. The maximum Gasteiger partial charge on any atom is 0.192 e. The van der Waals surface area contributed by atoms with E-state index in [9.17, 15) is 4.79 Å². The van der Waals surface area contributed by atoms with Gasteiger partial charge >= 0.3 is 0 Å². The molecule has 0 spiro atoms. The van der Waals surface area contributed by atoms with Gasteiger partial charge in [-0.25, -0.2) is 14.6 Å². The summed E-state index contributed by atoms with van der Waals surface area (Å²) in [5, 5.41) is 4.86. The van der Waals surface area contributed by atoms with Gasteiger partial charge < -0.3 is 0 Å². The molecule has 2 aromatic rings. The van der Waals surface area contributed by atoms with Crippen molar-refractivity contribution in [3.8, 4) is 0 Å². The predicted molar refractivity (Wildman–Crippen MR) is 57.6 cm³/mol. The van der Waals surface area contributed by atoms with Crippen LogP contribution in [-0.4, -0.2) is 26.0 Å². The Morgan fingerprint density at radius 1 is 1.67 bits per heavy atom. The van der Waals surface area contributed by atoms with Crippen LogP contribution in [0.4, 0.5) is 0 Å². The first-order valence-corrected chi connectivity index (χ1v) is 5.85. The van der Waals surface area contributed by atoms with Crippen LogP contribution in [0.3, 0.4) is 0 Å². The molecule has 0 aromatic carbocycles. The van der Waals surface area contributed by atoms with Gasteiger partial charge in [0.1, 0.15) is 11.2 Å². The van der Waals surface area contributed by atoms with E-state index in [0.29, 0.717) is 20.7 Å². The molecule has 0 amide bonds. The minimum absolute atomic E-state index is 0.236. The fraction of sp³-hybridized carbons (Fsp3) is 0.143. The van der Waals surface area contributed by atoms with E-state index >= 15 is 0 Å². The summed E-state index contributed by atoms with van der Waals surface area (Å²) < 4.78 is 2.30. The molecule has 2 rings (SSSR count). The molecule has 0 saturated heterocycles. The zero-order valence-electron chi connectivity index (χ0n) is 7.55. The van der Waals surface area contributed by atoms with Crippen LogP contribution in [0.5, 0.6) is 0 Å². The van der Waals surface area contributed by atoms with Crippen LogP contribution < -0.4 is 0 Å². The number of aldehydes is 1. The van der Waals surface area contributed by atoms with Crippen molar-refractivity contribution in [1.82, 2.24) is 19.7 Å². The van der Waals surface area contributed by atoms with Crippen molar-refractivity contribution in [2.45, 2.75) is 9.50 Å². The van der Waals surface area contributed by atoms with Crippen molar-refractivity contribution in [2.75, 3.05) is 0 Å². The molecule has 0 fully saturated rings. The summed E-state index contributed by atoms with van der Waals surface area (Å²) in [6.07, 6.45) is 2.15. The summed E-state index contributed by atoms with van der Waals surface area (Å²) in [4.78, 5) is 19.0. The van der Waals surface area contributed by atoms with Crippen LogP contribution in [0.1, 0.15) is 9.67 Å². The number of thiazole rings is 1. The van der Waals surface area contributed by atoms with E-state index in [1.165, 1.54) is 29.4 Å². The largest absolute Gasteiger partial charge is 0.297 e. The summed E-state index contributed by atoms with van der Waals surface area (Å²) in [5.41, 5.74) is 0. The number of carbonyl (C=O) groups excluding carboxylic acids is 1. The monoisotopic (exact) mass is 260 g/mol. The molecule has 0 radical (unpaired) electrons. The molecular weight excluding hydrogens is 256 g/mol. The lowest BCUT2D eigenvalue weighted by atomic mass is 10.6. The average molecular weight is 261 g/mol. The lowest BCUT2D eigenvalue weighted by Gasteiger charge is -1.94. The first-order valence-electron chi connectivity index (χ1n) is 3.84. The Morgan fingerprint density at radius 3 is 3.00 bits per heavy atom. The van der Waals surface area contributed by atoms with Gasteiger partial charge in [-0.2, -0.15) is 5.10 Å². The maximum absolute atomic E-state index is 10.6. The van der Waals surface area contributed by atoms with Gasteiger partial charge in [0.15, 0.2) is 20.9 Å². The number of rotatable bonds is 3. The molecular formula is C7H5ClN4OS2. The highest BCUT2D eigenvalue weighted by atomic mass is 35.5. The Morgan fingerprint density at radius 2 is 2.47 bits per heavy atom. The zero-order chi connectivity index (χ0) is 10.8. The number of halogens is 1. The van der Waals surface area contributed by atoms with E-state index in [1.807, 2.05) is 0 Å². The molecule has 2 heterocycles. The van der Waals surface area contributed by atoms with Gasteiger partial charge in [-0.1, -0.05) is 11.6 Å². The Bertz CT molecular complexity index is 495. The second-order valence-corrected chi connectivity index (χ2v) is 5.12. The van der Waals surface area contributed by atoms with Crippen LogP contribution in [0, 0.1) is 0 Å². The van der Waals surface area contributed by atoms with Crippen molar-refractivity contribution >= 4 is 41.0 Å². The van der Waals surface area contributed by atoms with Crippen molar-refractivity contribution in [2.24, 2.45) is 7.05 Å². The molecule has 5 nitrogen and oxygen atoms in total. The highest BCUT2D eigenvalue weighted by Gasteiger charge is 2.11. The summed E-state index contributed by atoms with van der Waals surface area (Å²) in [6, 6.07) is 0. The second kappa shape index (κ2) is 4.30. The number of carbonyl (C=O) groups is 1. The van der Waals surface area contributed by atoms with Crippen LogP contribution in [0.15, 0.2) is 15.8 Å². The predicted octanol–water partition coefficient (Wildman–Crippen LogP) is 1.89. The van der Waals surface area contributed by atoms with E-state index in [2.05, 4.69) is 15.1 Å². The molecule has 0 aliphatic rings. The lowest BCUT2D eigenvalue weighted by molar-refractivity contribution is 0.112. The quantitative estimate of drug-likeness (QED) is 0.789. The molecule has 0 N–H and O–H groups in total. The number of hydrogen-bond donors (Lipinski definition) is 0. The topological polar surface area (TPSA) is 60.7 Å². The average Bonchev–Trinajstić information content (AvgIpc) is 2.75. The fourth-order valence-electron chi connectivity index (χ4n) is 0.867. The number of aromatic nitrogens is 4. The van der Waals surface area contributed by atoms with Gasteiger partial charge in [-0.05, 0) is 11.8 Å². The van der Waals surface area contributed by atoms with E-state index in [-0.39, 0.29) is 5.15 Å². The van der Waals surface area contributed by atoms with Gasteiger partial charge in [0.25, 0.3) is 0 Å². The van der Waals surface area contributed by atoms with Crippen LogP contribution in [0.25, 0.3) is 0 Å². The first-order chi connectivity index (χ1) is 7.20. The van der Waals surface area contributed by atoms with Crippen molar-refractivity contribution in [3.05, 3.63) is 16.4 Å². The van der Waals surface area contributed by atoms with Gasteiger partial charge in [0.2, 0.25) is 0 Å². The lowest BCUT2D eigenvalue weighted by Crippen LogP contribution is -1.91. The van der Waals surface area contributed by atoms with Crippen molar-refractivity contribution in [1.29, 1.82) is 0 Å². The molecule has 0 aliphatic heterocycles. The third-order valence-electron chi connectivity index (χ3n) is 1.55. The number of aryl methyl sites for hydroxylation is 1. The van der Waals surface area contributed by atoms with Crippen LogP contribution >= 0.6 is 34.7 Å². The second-order valence-electron chi connectivity index (χ2n) is 2.52. The summed E-state index contributed by atoms with van der Waals surface area (Å²) >= 11 is 8.30. The Labute approximate surface area is 98.5 Å². The number of hydrogen-bond acceptors (Lipinski definition) is 6. The minimum atomic E-state index is 0.236. The highest BCUT2D eigenvalue weighted by Crippen LogP contribution is 2.32. The Hall–Kier alpha value is -0.920. The molecule has 2 aromatic heterocycles. The molecule has 0 unspecified atom stereocenters. The van der Waals surface area contributed by atoms with Gasteiger partial charge in [-0.3, -0.25) is 4.79 Å². The first kappa shape index (κ1) is 10.6. The van der Waals surface area contributed by atoms with Gasteiger partial charge in [0, 0.05) is 7.05 Å². The van der Waals surface area contributed by atoms with Crippen molar-refractivity contribution in [3.63, 3.8) is 0 Å². The SMILES string of the molecule is Cn1ncnc1Sc1nc(Cl)c(C=O)s1. The van der Waals surface area contributed by atoms with Crippen molar-refractivity contribution < 1.29 is 4.79 Å². The third-order valence-corrected chi connectivity index (χ3v) is 4.04. The standard InChI is InChI=1S/C7H5ClN4OS2/c1-12-6(9-3-10-12)15-7-11-5(8)4(2-13)14-7/h2-3H,1H3. The molecule has 0 saturated carbocycles. The van der Waals surface area contributed by atoms with E-state index < -0.39 is 0 Å². The third kappa shape index (κ3) is 2.19. The molecule has 0 aliphatic carbocycles. The van der Waals surface area contributed by atoms with Crippen LogP contribution in [0.2, 0.25) is 5.15 Å². The molecule has 15 heavy (non-hydrogen) atoms. The normalized spacial score (nSPS) is 10.5. The minimum Gasteiger partial charge on any atom is -0.297 e. The van der Waals surface area contributed by atoms with E-state index in [4.69, 9.17) is 11.6 Å². The summed E-state index contributed by atoms with van der Waals surface area (Å²) in [6.45, 7) is 0.